The van der Waals surface area contributed by atoms with Crippen molar-refractivity contribution in [3.8, 4) is 0 Å². The maximum Gasteiger partial charge on any atom is 0.193 e. The molecule has 3 rings (SSSR count). The van der Waals surface area contributed by atoms with Crippen molar-refractivity contribution in [2.24, 2.45) is 5.73 Å². The van der Waals surface area contributed by atoms with Crippen LogP contribution in [0.4, 0.5) is 5.82 Å². The molecule has 0 aliphatic rings. The van der Waals surface area contributed by atoms with E-state index in [2.05, 4.69) is 54.8 Å². The lowest BCUT2D eigenvalue weighted by Crippen LogP contribution is -2.04. The molecule has 0 radical (unpaired) electrons. The highest BCUT2D eigenvalue weighted by atomic mass is 127. The third kappa shape index (κ3) is 3.01. The van der Waals surface area contributed by atoms with Gasteiger partial charge in [0, 0.05) is 39.9 Å². The maximum absolute atomic E-state index is 5.68. The minimum Gasteiger partial charge on any atom is -0.362 e. The van der Waals surface area contributed by atoms with Gasteiger partial charge in [0.15, 0.2) is 3.83 Å². The second kappa shape index (κ2) is 6.24. The minimum atomic E-state index is 0.609. The van der Waals surface area contributed by atoms with Gasteiger partial charge in [0.05, 0.1) is 16.8 Å². The van der Waals surface area contributed by atoms with Crippen molar-refractivity contribution >= 4 is 50.0 Å². The Morgan fingerprint density at radius 2 is 2.29 bits per heavy atom. The quantitative estimate of drug-likeness (QED) is 0.441. The maximum atomic E-state index is 5.68. The fraction of sp³-hybridized carbons (Fsp3) is 0.308. The molecule has 21 heavy (non-hydrogen) atoms. The van der Waals surface area contributed by atoms with Gasteiger partial charge in [-0.05, 0) is 25.5 Å². The Bertz CT molecular complexity index is 752. The summed E-state index contributed by atoms with van der Waals surface area (Å²) in [6, 6.07) is 0. The molecule has 3 aromatic rings. The molecular formula is C13H15IN6S. The highest BCUT2D eigenvalue weighted by Crippen LogP contribution is 2.34. The number of nitrogens with zero attached hydrogens (tertiary/aromatic N) is 3. The van der Waals surface area contributed by atoms with Crippen LogP contribution in [0.25, 0.3) is 10.2 Å². The molecule has 3 heterocycles. The molecule has 0 saturated carbocycles. The van der Waals surface area contributed by atoms with Gasteiger partial charge in [-0.1, -0.05) is 0 Å². The van der Waals surface area contributed by atoms with Crippen LogP contribution in [0.5, 0.6) is 0 Å². The highest BCUT2D eigenvalue weighted by molar-refractivity contribution is 14.1. The first-order valence-electron chi connectivity index (χ1n) is 6.56. The molecule has 0 spiro atoms. The van der Waals surface area contributed by atoms with Crippen LogP contribution >= 0.6 is 33.9 Å². The van der Waals surface area contributed by atoms with Gasteiger partial charge in [-0.25, -0.2) is 15.0 Å². The van der Waals surface area contributed by atoms with Crippen LogP contribution in [0.2, 0.25) is 0 Å². The second-order valence-corrected chi connectivity index (χ2v) is 6.67. The van der Waals surface area contributed by atoms with Gasteiger partial charge < -0.3 is 16.0 Å². The molecule has 4 N–H and O–H groups in total. The molecule has 8 heteroatoms. The second-order valence-electron chi connectivity index (χ2n) is 4.60. The Morgan fingerprint density at radius 3 is 3.00 bits per heavy atom. The minimum absolute atomic E-state index is 0.609. The van der Waals surface area contributed by atoms with Crippen LogP contribution in [0, 0.1) is 10.8 Å². The molecule has 0 atom stereocenters. The largest absolute Gasteiger partial charge is 0.362 e. The van der Waals surface area contributed by atoms with Crippen molar-refractivity contribution in [1.82, 2.24) is 19.9 Å². The number of hydrogen-bond donors (Lipinski definition) is 3. The SMILES string of the molecule is Cc1c(CCN)sc2c(NCc3ncc[nH]3)nc(I)nc12. The lowest BCUT2D eigenvalue weighted by atomic mass is 10.2. The number of nitrogens with two attached hydrogens (primary N) is 1. The van der Waals surface area contributed by atoms with E-state index in [1.54, 1.807) is 17.5 Å². The van der Waals surface area contributed by atoms with Gasteiger partial charge in [0.2, 0.25) is 0 Å². The summed E-state index contributed by atoms with van der Waals surface area (Å²) in [5, 5.41) is 3.34. The fourth-order valence-corrected chi connectivity index (χ4v) is 3.87. The Balaban J connectivity index is 1.98. The summed E-state index contributed by atoms with van der Waals surface area (Å²) >= 11 is 3.87. The number of hydrogen-bond acceptors (Lipinski definition) is 6. The van der Waals surface area contributed by atoms with Crippen molar-refractivity contribution in [3.63, 3.8) is 0 Å². The summed E-state index contributed by atoms with van der Waals surface area (Å²) in [5.74, 6) is 1.74. The van der Waals surface area contributed by atoms with Gasteiger partial charge in [-0.3, -0.25) is 0 Å². The number of aromatic amines is 1. The number of rotatable bonds is 5. The van der Waals surface area contributed by atoms with E-state index in [0.29, 0.717) is 13.1 Å². The lowest BCUT2D eigenvalue weighted by molar-refractivity contribution is 0.979. The zero-order chi connectivity index (χ0) is 14.8. The van der Waals surface area contributed by atoms with Crippen LogP contribution in [0.15, 0.2) is 12.4 Å². The van der Waals surface area contributed by atoms with Crippen LogP contribution in [-0.4, -0.2) is 26.5 Å². The molecule has 0 saturated heterocycles. The van der Waals surface area contributed by atoms with Crippen molar-refractivity contribution in [1.29, 1.82) is 0 Å². The summed E-state index contributed by atoms with van der Waals surface area (Å²) in [4.78, 5) is 17.6. The van der Waals surface area contributed by atoms with E-state index in [0.717, 1.165) is 32.1 Å². The van der Waals surface area contributed by atoms with Crippen LogP contribution < -0.4 is 11.1 Å². The van der Waals surface area contributed by atoms with Gasteiger partial charge in [0.25, 0.3) is 0 Å². The summed E-state index contributed by atoms with van der Waals surface area (Å²) in [5.41, 5.74) is 7.91. The molecule has 3 aromatic heterocycles. The molecule has 0 aliphatic carbocycles. The van der Waals surface area contributed by atoms with Gasteiger partial charge in [0.1, 0.15) is 11.6 Å². The average Bonchev–Trinajstić information content (AvgIpc) is 3.07. The van der Waals surface area contributed by atoms with E-state index in [1.807, 2.05) is 6.20 Å². The Kier molecular flexibility index (Phi) is 4.36. The molecular weight excluding hydrogens is 399 g/mol. The van der Waals surface area contributed by atoms with Crippen molar-refractivity contribution < 1.29 is 0 Å². The number of H-pyrrole nitrogens is 1. The van der Waals surface area contributed by atoms with E-state index in [4.69, 9.17) is 5.73 Å². The van der Waals surface area contributed by atoms with Crippen molar-refractivity contribution in [2.75, 3.05) is 11.9 Å². The monoisotopic (exact) mass is 414 g/mol. The third-order valence-corrected chi connectivity index (χ3v) is 5.02. The number of halogens is 1. The Hall–Kier alpha value is -1.26. The summed E-state index contributed by atoms with van der Waals surface area (Å²) < 4.78 is 1.82. The Labute approximate surface area is 139 Å². The van der Waals surface area contributed by atoms with E-state index in [1.165, 1.54) is 10.4 Å². The summed E-state index contributed by atoms with van der Waals surface area (Å²) in [6.45, 7) is 3.36. The van der Waals surface area contributed by atoms with Crippen LogP contribution in [0.1, 0.15) is 16.3 Å². The van der Waals surface area contributed by atoms with E-state index < -0.39 is 0 Å². The number of aromatic nitrogens is 4. The van der Waals surface area contributed by atoms with Crippen molar-refractivity contribution in [2.45, 2.75) is 19.9 Å². The zero-order valence-corrected chi connectivity index (χ0v) is 14.5. The zero-order valence-electron chi connectivity index (χ0n) is 11.5. The van der Waals surface area contributed by atoms with Gasteiger partial charge >= 0.3 is 0 Å². The molecule has 110 valence electrons. The highest BCUT2D eigenvalue weighted by Gasteiger charge is 2.15. The number of nitrogens with one attached hydrogen (secondary N) is 2. The van der Waals surface area contributed by atoms with Crippen LogP contribution in [0.3, 0.4) is 0 Å². The normalized spacial score (nSPS) is 11.2. The molecule has 0 aromatic carbocycles. The molecule has 0 amide bonds. The van der Waals surface area contributed by atoms with E-state index >= 15 is 0 Å². The number of thiophene rings is 1. The first kappa shape index (κ1) is 14.7. The number of fused-ring (bicyclic) bond motifs is 1. The van der Waals surface area contributed by atoms with Crippen molar-refractivity contribution in [3.05, 3.63) is 32.5 Å². The third-order valence-electron chi connectivity index (χ3n) is 3.19. The van der Waals surface area contributed by atoms with Gasteiger partial charge in [-0.2, -0.15) is 0 Å². The number of anilines is 1. The van der Waals surface area contributed by atoms with Crippen LogP contribution in [-0.2, 0) is 13.0 Å². The smallest absolute Gasteiger partial charge is 0.193 e. The lowest BCUT2D eigenvalue weighted by Gasteiger charge is -2.05. The van der Waals surface area contributed by atoms with Gasteiger partial charge in [-0.15, -0.1) is 11.3 Å². The van der Waals surface area contributed by atoms with E-state index in [9.17, 15) is 0 Å². The molecule has 0 unspecified atom stereocenters. The molecule has 6 nitrogen and oxygen atoms in total. The first-order chi connectivity index (χ1) is 10.2. The molecule has 0 bridgehead atoms. The number of imidazole rings is 1. The summed E-state index contributed by atoms with van der Waals surface area (Å²) in [7, 11) is 0. The topological polar surface area (TPSA) is 92.5 Å². The van der Waals surface area contributed by atoms with E-state index in [-0.39, 0.29) is 0 Å². The summed E-state index contributed by atoms with van der Waals surface area (Å²) in [6.07, 6.45) is 4.43. The number of aryl methyl sites for hydroxylation is 1. The fourth-order valence-electron chi connectivity index (χ4n) is 2.16. The average molecular weight is 414 g/mol. The Morgan fingerprint density at radius 1 is 1.43 bits per heavy atom. The predicted molar refractivity (Wildman–Crippen MR) is 93.5 cm³/mol. The molecule has 0 fully saturated rings. The first-order valence-corrected chi connectivity index (χ1v) is 8.46. The predicted octanol–water partition coefficient (Wildman–Crippen LogP) is 2.44. The standard InChI is InChI=1S/C13H15IN6S/c1-7-8(2-3-15)21-11-10(7)19-13(14)20-12(11)18-6-9-16-4-5-17-9/h4-5H,2-3,6,15H2,1H3,(H,16,17)(H,18,19,20). The molecule has 0 aliphatic heterocycles.